The SMILES string of the molecule is CN1CCN(C(=O)N(Cc2ccc(C(=O)O)cc2F)c2ccc3cnn(C)c3c2)CC1. The highest BCUT2D eigenvalue weighted by molar-refractivity contribution is 5.95. The van der Waals surface area contributed by atoms with E-state index in [-0.39, 0.29) is 23.7 Å². The summed E-state index contributed by atoms with van der Waals surface area (Å²) in [5, 5.41) is 14.3. The van der Waals surface area contributed by atoms with Gasteiger partial charge in [0.15, 0.2) is 0 Å². The maximum atomic E-state index is 14.7. The van der Waals surface area contributed by atoms with Crippen molar-refractivity contribution < 1.29 is 19.1 Å². The first-order valence-electron chi connectivity index (χ1n) is 10.0. The number of aromatic nitrogens is 2. The number of carboxylic acid groups (broad SMARTS) is 1. The lowest BCUT2D eigenvalue weighted by Gasteiger charge is -2.36. The van der Waals surface area contributed by atoms with E-state index in [4.69, 9.17) is 5.11 Å². The molecule has 0 spiro atoms. The number of hydrogen-bond donors (Lipinski definition) is 1. The fraction of sp³-hybridized carbons (Fsp3) is 0.318. The van der Waals surface area contributed by atoms with Gasteiger partial charge in [-0.3, -0.25) is 9.58 Å². The number of likely N-dealkylation sites (N-methyl/N-ethyl adjacent to an activating group) is 1. The van der Waals surface area contributed by atoms with Crippen LogP contribution in [0.1, 0.15) is 15.9 Å². The molecule has 0 radical (unpaired) electrons. The van der Waals surface area contributed by atoms with Crippen LogP contribution in [0, 0.1) is 5.82 Å². The number of halogens is 1. The number of fused-ring (bicyclic) bond motifs is 1. The third kappa shape index (κ3) is 4.22. The second-order valence-corrected chi connectivity index (χ2v) is 7.78. The minimum absolute atomic E-state index is 0.0136. The van der Waals surface area contributed by atoms with Gasteiger partial charge in [0.2, 0.25) is 0 Å². The Bertz CT molecular complexity index is 1140. The molecule has 2 aromatic carbocycles. The van der Waals surface area contributed by atoms with Crippen LogP contribution >= 0.6 is 0 Å². The summed E-state index contributed by atoms with van der Waals surface area (Å²) in [6, 6.07) is 9.11. The molecule has 0 bridgehead atoms. The van der Waals surface area contributed by atoms with Crippen molar-refractivity contribution in [1.29, 1.82) is 0 Å². The lowest BCUT2D eigenvalue weighted by Crippen LogP contribution is -2.52. The number of carbonyl (C=O) groups excluding carboxylic acids is 1. The number of benzene rings is 2. The van der Waals surface area contributed by atoms with Gasteiger partial charge in [0.05, 0.1) is 23.8 Å². The maximum absolute atomic E-state index is 14.7. The molecule has 1 saturated heterocycles. The maximum Gasteiger partial charge on any atom is 0.335 e. The molecule has 1 aromatic heterocycles. The highest BCUT2D eigenvalue weighted by Gasteiger charge is 2.26. The Hall–Kier alpha value is -3.46. The van der Waals surface area contributed by atoms with Gasteiger partial charge in [-0.05, 0) is 37.4 Å². The minimum Gasteiger partial charge on any atom is -0.478 e. The van der Waals surface area contributed by atoms with Crippen LogP contribution in [0.5, 0.6) is 0 Å². The lowest BCUT2D eigenvalue weighted by molar-refractivity contribution is 0.0696. The smallest absolute Gasteiger partial charge is 0.335 e. The molecule has 31 heavy (non-hydrogen) atoms. The average molecular weight is 425 g/mol. The first-order chi connectivity index (χ1) is 14.8. The second-order valence-electron chi connectivity index (χ2n) is 7.78. The molecule has 1 aliphatic rings. The highest BCUT2D eigenvalue weighted by atomic mass is 19.1. The number of piperazine rings is 1. The van der Waals surface area contributed by atoms with Gasteiger partial charge in [0.25, 0.3) is 0 Å². The normalized spacial score (nSPS) is 14.7. The van der Waals surface area contributed by atoms with Crippen molar-refractivity contribution in [1.82, 2.24) is 19.6 Å². The van der Waals surface area contributed by atoms with E-state index < -0.39 is 11.8 Å². The van der Waals surface area contributed by atoms with Gasteiger partial charge < -0.3 is 14.9 Å². The van der Waals surface area contributed by atoms with Crippen LogP contribution in [0.2, 0.25) is 0 Å². The summed E-state index contributed by atoms with van der Waals surface area (Å²) in [5.74, 6) is -1.85. The van der Waals surface area contributed by atoms with Crippen LogP contribution in [0.15, 0.2) is 42.6 Å². The summed E-state index contributed by atoms with van der Waals surface area (Å²) in [4.78, 5) is 30.0. The Morgan fingerprint density at radius 1 is 1.10 bits per heavy atom. The molecule has 3 aromatic rings. The van der Waals surface area contributed by atoms with E-state index >= 15 is 0 Å². The monoisotopic (exact) mass is 425 g/mol. The molecule has 162 valence electrons. The van der Waals surface area contributed by atoms with E-state index in [1.165, 1.54) is 17.0 Å². The fourth-order valence-electron chi connectivity index (χ4n) is 3.72. The molecule has 8 nitrogen and oxygen atoms in total. The third-order valence-corrected chi connectivity index (χ3v) is 5.68. The number of carboxylic acids is 1. The first-order valence-corrected chi connectivity index (χ1v) is 10.0. The first kappa shape index (κ1) is 20.8. The van der Waals surface area contributed by atoms with Crippen LogP contribution in [0.25, 0.3) is 10.9 Å². The average Bonchev–Trinajstić information content (AvgIpc) is 3.13. The Kier molecular flexibility index (Phi) is 5.60. The second kappa shape index (κ2) is 8.35. The van der Waals surface area contributed by atoms with Crippen LogP contribution < -0.4 is 4.90 Å². The van der Waals surface area contributed by atoms with Crippen molar-refractivity contribution in [2.45, 2.75) is 6.54 Å². The number of hydrogen-bond acceptors (Lipinski definition) is 4. The van der Waals surface area contributed by atoms with Crippen molar-refractivity contribution in [2.24, 2.45) is 7.05 Å². The fourth-order valence-corrected chi connectivity index (χ4v) is 3.72. The van der Waals surface area contributed by atoms with E-state index in [0.29, 0.717) is 18.8 Å². The number of rotatable bonds is 4. The molecule has 1 N–H and O–H groups in total. The van der Waals surface area contributed by atoms with Gasteiger partial charge in [-0.25, -0.2) is 14.0 Å². The van der Waals surface area contributed by atoms with Gasteiger partial charge >= 0.3 is 12.0 Å². The minimum atomic E-state index is -1.20. The predicted molar refractivity (Wildman–Crippen MR) is 115 cm³/mol. The molecular weight excluding hydrogens is 401 g/mol. The molecule has 1 fully saturated rings. The predicted octanol–water partition coefficient (Wildman–Crippen LogP) is 2.78. The van der Waals surface area contributed by atoms with Gasteiger partial charge in [0.1, 0.15) is 5.82 Å². The molecule has 0 aliphatic carbocycles. The van der Waals surface area contributed by atoms with Crippen LogP contribution in [0.4, 0.5) is 14.9 Å². The van der Waals surface area contributed by atoms with E-state index in [2.05, 4.69) is 10.00 Å². The standard InChI is InChI=1S/C22H24FN5O3/c1-25-7-9-27(10-8-25)22(31)28(14-17-4-3-15(21(29)30)11-19(17)23)18-6-5-16-13-24-26(2)20(16)12-18/h3-6,11-13H,7-10,14H2,1-2H3,(H,29,30). The number of amides is 2. The Morgan fingerprint density at radius 3 is 2.52 bits per heavy atom. The van der Waals surface area contributed by atoms with Crippen LogP contribution in [0.3, 0.4) is 0 Å². The topological polar surface area (TPSA) is 81.9 Å². The Morgan fingerprint density at radius 2 is 1.84 bits per heavy atom. The largest absolute Gasteiger partial charge is 0.478 e. The number of carbonyl (C=O) groups is 2. The van der Waals surface area contributed by atoms with E-state index in [0.717, 1.165) is 30.1 Å². The zero-order chi connectivity index (χ0) is 22.1. The van der Waals surface area contributed by atoms with Gasteiger partial charge in [-0.1, -0.05) is 6.07 Å². The van der Waals surface area contributed by atoms with E-state index in [1.54, 1.807) is 15.8 Å². The summed E-state index contributed by atoms with van der Waals surface area (Å²) in [6.07, 6.45) is 1.75. The molecule has 0 atom stereocenters. The molecule has 0 unspecified atom stereocenters. The number of urea groups is 1. The van der Waals surface area contributed by atoms with Crippen molar-refractivity contribution in [2.75, 3.05) is 38.1 Å². The summed E-state index contributed by atoms with van der Waals surface area (Å²) >= 11 is 0. The highest BCUT2D eigenvalue weighted by Crippen LogP contribution is 2.26. The molecule has 2 amide bonds. The summed E-state index contributed by atoms with van der Waals surface area (Å²) < 4.78 is 16.4. The van der Waals surface area contributed by atoms with Crippen LogP contribution in [-0.2, 0) is 13.6 Å². The number of aryl methyl sites for hydroxylation is 1. The Balaban J connectivity index is 1.70. The lowest BCUT2D eigenvalue weighted by atomic mass is 10.1. The van der Waals surface area contributed by atoms with Crippen molar-refractivity contribution in [3.8, 4) is 0 Å². The number of aromatic carboxylic acids is 1. The van der Waals surface area contributed by atoms with Crippen molar-refractivity contribution >= 4 is 28.6 Å². The Labute approximate surface area is 179 Å². The van der Waals surface area contributed by atoms with Gasteiger partial charge in [-0.2, -0.15) is 5.10 Å². The number of nitrogens with zero attached hydrogens (tertiary/aromatic N) is 5. The van der Waals surface area contributed by atoms with Gasteiger partial charge in [-0.15, -0.1) is 0 Å². The van der Waals surface area contributed by atoms with E-state index in [1.807, 2.05) is 32.3 Å². The molecule has 1 aliphatic heterocycles. The van der Waals surface area contributed by atoms with Gasteiger partial charge in [0, 0.05) is 49.9 Å². The van der Waals surface area contributed by atoms with Crippen molar-refractivity contribution in [3.05, 3.63) is 59.5 Å². The summed E-state index contributed by atoms with van der Waals surface area (Å²) in [6.45, 7) is 2.69. The third-order valence-electron chi connectivity index (χ3n) is 5.68. The summed E-state index contributed by atoms with van der Waals surface area (Å²) in [5.41, 5.74) is 1.60. The molecular formula is C22H24FN5O3. The summed E-state index contributed by atoms with van der Waals surface area (Å²) in [7, 11) is 3.83. The molecule has 0 saturated carbocycles. The van der Waals surface area contributed by atoms with E-state index in [9.17, 15) is 14.0 Å². The zero-order valence-electron chi connectivity index (χ0n) is 17.5. The number of anilines is 1. The molecule has 9 heteroatoms. The molecule has 4 rings (SSSR count). The quantitative estimate of drug-likeness (QED) is 0.695. The zero-order valence-corrected chi connectivity index (χ0v) is 17.5. The van der Waals surface area contributed by atoms with Crippen LogP contribution in [-0.4, -0.2) is 69.9 Å². The molecule has 2 heterocycles. The van der Waals surface area contributed by atoms with Crippen molar-refractivity contribution in [3.63, 3.8) is 0 Å².